The number of anilines is 1. The maximum absolute atomic E-state index is 13.0. The number of likely N-dealkylation sites (N-methyl/N-ethyl adjacent to an activating group) is 1. The summed E-state index contributed by atoms with van der Waals surface area (Å²) in [6.45, 7) is 2.38. The Kier molecular flexibility index (Phi) is 4.71. The molecule has 4 rings (SSSR count). The topological polar surface area (TPSA) is 69.8 Å². The molecule has 1 fully saturated rings. The SMILES string of the molecule is CN1CCN(c2cc(-c3cnc4ccc(C(F)F)nn34)ccn2)CC1CO. The lowest BCUT2D eigenvalue weighted by atomic mass is 10.1. The van der Waals surface area contributed by atoms with Gasteiger partial charge in [0.2, 0.25) is 0 Å². The van der Waals surface area contributed by atoms with E-state index in [0.717, 1.165) is 24.5 Å². The average molecular weight is 374 g/mol. The first-order chi connectivity index (χ1) is 13.1. The van der Waals surface area contributed by atoms with Crippen molar-refractivity contribution in [1.82, 2.24) is 24.5 Å². The van der Waals surface area contributed by atoms with Crippen molar-refractivity contribution in [1.29, 1.82) is 0 Å². The van der Waals surface area contributed by atoms with Crippen molar-refractivity contribution in [2.45, 2.75) is 12.5 Å². The molecule has 0 saturated carbocycles. The third-order valence-electron chi connectivity index (χ3n) is 4.96. The molecule has 142 valence electrons. The highest BCUT2D eigenvalue weighted by Gasteiger charge is 2.24. The molecule has 4 heterocycles. The molecule has 3 aromatic rings. The van der Waals surface area contributed by atoms with Crippen LogP contribution in [0.2, 0.25) is 0 Å². The number of aromatic nitrogens is 4. The smallest absolute Gasteiger partial charge is 0.282 e. The van der Waals surface area contributed by atoms with Crippen LogP contribution in [-0.2, 0) is 0 Å². The van der Waals surface area contributed by atoms with Gasteiger partial charge in [0, 0.05) is 31.4 Å². The van der Waals surface area contributed by atoms with Crippen LogP contribution in [0.3, 0.4) is 0 Å². The minimum atomic E-state index is -2.64. The molecule has 27 heavy (non-hydrogen) atoms. The summed E-state index contributed by atoms with van der Waals surface area (Å²) in [4.78, 5) is 12.9. The number of aliphatic hydroxyl groups excluding tert-OH is 1. The van der Waals surface area contributed by atoms with Crippen molar-refractivity contribution in [2.75, 3.05) is 38.2 Å². The summed E-state index contributed by atoms with van der Waals surface area (Å²) in [6.07, 6.45) is 0.670. The van der Waals surface area contributed by atoms with Gasteiger partial charge in [0.25, 0.3) is 6.43 Å². The third-order valence-corrected chi connectivity index (χ3v) is 4.96. The number of hydrogen-bond acceptors (Lipinski definition) is 6. The fourth-order valence-corrected chi connectivity index (χ4v) is 3.30. The molecule has 1 N–H and O–H groups in total. The molecule has 1 saturated heterocycles. The molecule has 7 nitrogen and oxygen atoms in total. The van der Waals surface area contributed by atoms with Crippen LogP contribution in [0.4, 0.5) is 14.6 Å². The van der Waals surface area contributed by atoms with Crippen LogP contribution in [0.1, 0.15) is 12.1 Å². The van der Waals surface area contributed by atoms with E-state index in [-0.39, 0.29) is 18.3 Å². The number of aliphatic hydroxyl groups is 1. The zero-order valence-corrected chi connectivity index (χ0v) is 14.8. The van der Waals surface area contributed by atoms with E-state index < -0.39 is 6.43 Å². The second-order valence-corrected chi connectivity index (χ2v) is 6.64. The number of halogens is 2. The van der Waals surface area contributed by atoms with Crippen LogP contribution < -0.4 is 4.90 Å². The number of rotatable bonds is 4. The minimum Gasteiger partial charge on any atom is -0.395 e. The van der Waals surface area contributed by atoms with Crippen molar-refractivity contribution >= 4 is 11.5 Å². The third kappa shape index (κ3) is 3.35. The molecule has 0 aromatic carbocycles. The summed E-state index contributed by atoms with van der Waals surface area (Å²) in [6, 6.07) is 6.58. The van der Waals surface area contributed by atoms with Gasteiger partial charge in [0.1, 0.15) is 11.5 Å². The Labute approximate surface area is 154 Å². The van der Waals surface area contributed by atoms with Gasteiger partial charge in [-0.25, -0.2) is 23.3 Å². The lowest BCUT2D eigenvalue weighted by Crippen LogP contribution is -2.53. The number of imidazole rings is 1. The van der Waals surface area contributed by atoms with E-state index in [4.69, 9.17) is 0 Å². The first-order valence-corrected chi connectivity index (χ1v) is 8.72. The van der Waals surface area contributed by atoms with Crippen LogP contribution >= 0.6 is 0 Å². The number of alkyl halides is 2. The number of pyridine rings is 1. The normalized spacial score (nSPS) is 18.6. The van der Waals surface area contributed by atoms with Crippen LogP contribution in [0.15, 0.2) is 36.7 Å². The maximum atomic E-state index is 13.0. The standard InChI is InChI=1S/C18H20F2N6O/c1-24-6-7-25(10-13(24)11-27)17-8-12(4-5-21-17)15-9-22-16-3-2-14(18(19)20)23-26(15)16/h2-5,8-9,13,18,27H,6-7,10-11H2,1H3. The highest BCUT2D eigenvalue weighted by atomic mass is 19.3. The van der Waals surface area contributed by atoms with E-state index in [1.165, 1.54) is 16.6 Å². The minimum absolute atomic E-state index is 0.0512. The van der Waals surface area contributed by atoms with E-state index in [1.807, 2.05) is 19.2 Å². The Hall–Kier alpha value is -2.65. The van der Waals surface area contributed by atoms with E-state index >= 15 is 0 Å². The second kappa shape index (κ2) is 7.16. The van der Waals surface area contributed by atoms with Crippen molar-refractivity contribution in [2.24, 2.45) is 0 Å². The maximum Gasteiger partial charge on any atom is 0.282 e. The average Bonchev–Trinajstić information content (AvgIpc) is 3.11. The van der Waals surface area contributed by atoms with Gasteiger partial charge in [-0.2, -0.15) is 5.10 Å². The molecule has 1 aliphatic heterocycles. The van der Waals surface area contributed by atoms with Gasteiger partial charge in [-0.05, 0) is 31.3 Å². The summed E-state index contributed by atoms with van der Waals surface area (Å²) in [5.41, 5.74) is 1.64. The predicted molar refractivity (Wildman–Crippen MR) is 96.9 cm³/mol. The molecule has 0 radical (unpaired) electrons. The molecule has 0 amide bonds. The van der Waals surface area contributed by atoms with Crippen molar-refractivity contribution in [3.05, 3.63) is 42.4 Å². The Balaban J connectivity index is 1.69. The zero-order chi connectivity index (χ0) is 19.0. The predicted octanol–water partition coefficient (Wildman–Crippen LogP) is 1.84. The molecule has 1 aliphatic rings. The van der Waals surface area contributed by atoms with Gasteiger partial charge in [0.15, 0.2) is 5.65 Å². The number of hydrogen-bond donors (Lipinski definition) is 1. The van der Waals surface area contributed by atoms with Gasteiger partial charge in [-0.1, -0.05) is 0 Å². The second-order valence-electron chi connectivity index (χ2n) is 6.64. The molecular weight excluding hydrogens is 354 g/mol. The van der Waals surface area contributed by atoms with Crippen molar-refractivity contribution in [3.8, 4) is 11.3 Å². The molecule has 0 aliphatic carbocycles. The lowest BCUT2D eigenvalue weighted by Gasteiger charge is -2.39. The summed E-state index contributed by atoms with van der Waals surface area (Å²) in [5.74, 6) is 0.777. The lowest BCUT2D eigenvalue weighted by molar-refractivity contribution is 0.135. The molecule has 1 unspecified atom stereocenters. The fraction of sp³-hybridized carbons (Fsp3) is 0.389. The molecule has 0 spiro atoms. The Morgan fingerprint density at radius 1 is 1.22 bits per heavy atom. The van der Waals surface area contributed by atoms with E-state index in [1.54, 1.807) is 12.4 Å². The molecule has 0 bridgehead atoms. The highest BCUT2D eigenvalue weighted by molar-refractivity contribution is 5.66. The van der Waals surface area contributed by atoms with Gasteiger partial charge in [-0.3, -0.25) is 4.90 Å². The summed E-state index contributed by atoms with van der Waals surface area (Å²) in [5, 5.41) is 13.6. The van der Waals surface area contributed by atoms with E-state index in [9.17, 15) is 13.9 Å². The highest BCUT2D eigenvalue weighted by Crippen LogP contribution is 2.26. The van der Waals surface area contributed by atoms with Gasteiger partial charge in [-0.15, -0.1) is 0 Å². The van der Waals surface area contributed by atoms with Crippen molar-refractivity contribution in [3.63, 3.8) is 0 Å². The molecule has 9 heteroatoms. The summed E-state index contributed by atoms with van der Waals surface area (Å²) in [7, 11) is 1.99. The van der Waals surface area contributed by atoms with E-state index in [2.05, 4.69) is 24.9 Å². The van der Waals surface area contributed by atoms with E-state index in [0.29, 0.717) is 17.9 Å². The van der Waals surface area contributed by atoms with Crippen LogP contribution in [0.25, 0.3) is 16.9 Å². The van der Waals surface area contributed by atoms with Gasteiger partial charge >= 0.3 is 0 Å². The van der Waals surface area contributed by atoms with Crippen molar-refractivity contribution < 1.29 is 13.9 Å². The molecule has 1 atom stereocenters. The van der Waals surface area contributed by atoms with Gasteiger partial charge < -0.3 is 10.0 Å². The number of piperazine rings is 1. The number of fused-ring (bicyclic) bond motifs is 1. The van der Waals surface area contributed by atoms with Crippen LogP contribution in [0.5, 0.6) is 0 Å². The Bertz CT molecular complexity index is 947. The summed E-state index contributed by atoms with van der Waals surface area (Å²) < 4.78 is 27.4. The van der Waals surface area contributed by atoms with Crippen LogP contribution in [0, 0.1) is 0 Å². The first-order valence-electron chi connectivity index (χ1n) is 8.72. The quantitative estimate of drug-likeness (QED) is 0.752. The molecular formula is C18H20F2N6O. The Morgan fingerprint density at radius 2 is 2.07 bits per heavy atom. The Morgan fingerprint density at radius 3 is 2.85 bits per heavy atom. The van der Waals surface area contributed by atoms with Gasteiger partial charge in [0.05, 0.1) is 24.5 Å². The summed E-state index contributed by atoms with van der Waals surface area (Å²) >= 11 is 0. The fourth-order valence-electron chi connectivity index (χ4n) is 3.30. The first kappa shape index (κ1) is 17.7. The number of nitrogens with zero attached hydrogens (tertiary/aromatic N) is 6. The monoisotopic (exact) mass is 374 g/mol. The largest absolute Gasteiger partial charge is 0.395 e. The molecule has 3 aromatic heterocycles. The van der Waals surface area contributed by atoms with Crippen LogP contribution in [-0.4, -0.2) is 68.9 Å². The zero-order valence-electron chi connectivity index (χ0n) is 14.8.